The Morgan fingerprint density at radius 1 is 1.06 bits per heavy atom. The molecule has 1 aromatic carbocycles. The predicted octanol–water partition coefficient (Wildman–Crippen LogP) is 5.15. The lowest BCUT2D eigenvalue weighted by Crippen LogP contribution is -2.34. The van der Waals surface area contributed by atoms with Gasteiger partial charge in [0.25, 0.3) is 0 Å². The van der Waals surface area contributed by atoms with Gasteiger partial charge in [-0.2, -0.15) is 31.3 Å². The van der Waals surface area contributed by atoms with Crippen LogP contribution in [0.1, 0.15) is 36.0 Å². The lowest BCUT2D eigenvalue weighted by Gasteiger charge is -2.32. The summed E-state index contributed by atoms with van der Waals surface area (Å²) in [6, 6.07) is 1.77. The van der Waals surface area contributed by atoms with Crippen molar-refractivity contribution < 1.29 is 36.2 Å². The average molecular weight is 508 g/mol. The second kappa shape index (κ2) is 9.54. The van der Waals surface area contributed by atoms with Gasteiger partial charge in [-0.25, -0.2) is 0 Å². The Labute approximate surface area is 196 Å². The van der Waals surface area contributed by atoms with Crippen LogP contribution in [-0.4, -0.2) is 58.3 Å². The van der Waals surface area contributed by atoms with Crippen molar-refractivity contribution >= 4 is 22.8 Å². The summed E-state index contributed by atoms with van der Waals surface area (Å²) < 4.78 is 79.0. The first-order chi connectivity index (χ1) is 15.9. The number of carbonyl (C=O) groups is 1. The fraction of sp³-hybridized carbons (Fsp3) is 0.545. The van der Waals surface area contributed by atoms with Crippen LogP contribution in [0.2, 0.25) is 0 Å². The monoisotopic (exact) mass is 507 g/mol. The molecule has 0 saturated carbocycles. The lowest BCUT2D eigenvalue weighted by molar-refractivity contribution is -0.143. The van der Waals surface area contributed by atoms with Crippen LogP contribution in [0.5, 0.6) is 0 Å². The van der Waals surface area contributed by atoms with Crippen molar-refractivity contribution in [1.29, 1.82) is 0 Å². The van der Waals surface area contributed by atoms with E-state index in [1.54, 1.807) is 4.90 Å². The van der Waals surface area contributed by atoms with Crippen molar-refractivity contribution in [2.45, 2.75) is 44.3 Å². The first kappa shape index (κ1) is 25.1. The number of thioether (sulfide) groups is 1. The van der Waals surface area contributed by atoms with Crippen molar-refractivity contribution in [3.05, 3.63) is 45.9 Å². The number of rotatable bonds is 3. The summed E-state index contributed by atoms with van der Waals surface area (Å²) in [5, 5.41) is 9.45. The number of nitrogens with zero attached hydrogens (tertiary/aromatic N) is 3. The number of likely N-dealkylation sites (tertiary alicyclic amines) is 2. The van der Waals surface area contributed by atoms with Crippen molar-refractivity contribution in [1.82, 2.24) is 9.80 Å². The Morgan fingerprint density at radius 2 is 1.76 bits per heavy atom. The number of piperidine rings is 1. The molecular formula is C22H23F6N3O2S. The highest BCUT2D eigenvalue weighted by Crippen LogP contribution is 2.38. The van der Waals surface area contributed by atoms with Gasteiger partial charge >= 0.3 is 17.6 Å². The molecular weight excluding hydrogens is 484 g/mol. The van der Waals surface area contributed by atoms with Crippen LogP contribution in [0.15, 0.2) is 34.2 Å². The Kier molecular flexibility index (Phi) is 7.03. The third-order valence-corrected chi connectivity index (χ3v) is 7.04. The molecule has 0 bridgehead atoms. The largest absolute Gasteiger partial charge is 0.416 e. The zero-order chi connectivity index (χ0) is 24.7. The van der Waals surface area contributed by atoms with E-state index in [1.807, 2.05) is 11.0 Å². The standard InChI is InChI=1S/C22H23F6N3O2S/c23-21(24,25)15-2-1-14(17(10-15)22(26,27)28)11-30-6-3-13(4-7-30)9-18-19(29-20(33)34-18)31-8-5-16(32)12-31/h1-2,9-10,13,16,32H,3-8,11-12H2. The number of amides is 1. The van der Waals surface area contributed by atoms with Gasteiger partial charge in [-0.1, -0.05) is 12.1 Å². The highest BCUT2D eigenvalue weighted by molar-refractivity contribution is 8.18. The molecule has 4 rings (SSSR count). The SMILES string of the molecule is O=C1N=C(N2CCC(O)C2)C(=CC2CCN(Cc3ccc(C(F)(F)F)cc3C(F)(F)F)CC2)S1. The van der Waals surface area contributed by atoms with E-state index in [1.165, 1.54) is 0 Å². The number of aliphatic hydroxyl groups is 1. The van der Waals surface area contributed by atoms with Crippen molar-refractivity contribution in [2.24, 2.45) is 10.9 Å². The van der Waals surface area contributed by atoms with Crippen LogP contribution in [-0.2, 0) is 18.9 Å². The average Bonchev–Trinajstić information content (AvgIpc) is 3.33. The topological polar surface area (TPSA) is 56.1 Å². The zero-order valence-electron chi connectivity index (χ0n) is 18.0. The Balaban J connectivity index is 1.41. The molecule has 0 spiro atoms. The molecule has 2 fully saturated rings. The Hall–Kier alpha value is -2.05. The highest BCUT2D eigenvalue weighted by Gasteiger charge is 2.38. The van der Waals surface area contributed by atoms with Gasteiger partial charge in [0.05, 0.1) is 22.1 Å². The van der Waals surface area contributed by atoms with Crippen LogP contribution >= 0.6 is 11.8 Å². The molecule has 3 aliphatic rings. The van der Waals surface area contributed by atoms with Crippen molar-refractivity contribution in [3.63, 3.8) is 0 Å². The van der Waals surface area contributed by atoms with E-state index >= 15 is 0 Å². The maximum absolute atomic E-state index is 13.4. The third kappa shape index (κ3) is 5.77. The molecule has 186 valence electrons. The number of hydrogen-bond donors (Lipinski definition) is 1. The van der Waals surface area contributed by atoms with E-state index in [2.05, 4.69) is 4.99 Å². The number of aliphatic hydroxyl groups excluding tert-OH is 1. The number of aliphatic imine (C=N–C) groups is 1. The number of carbonyl (C=O) groups excluding carboxylic acids is 1. The minimum atomic E-state index is -4.88. The van der Waals surface area contributed by atoms with Gasteiger partial charge in [0.15, 0.2) is 0 Å². The minimum Gasteiger partial charge on any atom is -0.391 e. The number of alkyl halides is 6. The lowest BCUT2D eigenvalue weighted by atomic mass is 9.95. The number of β-amino-alcohol motifs (C(OH)–C–C–N with tert-alkyl or cyclic N) is 1. The van der Waals surface area contributed by atoms with Gasteiger partial charge in [0.1, 0.15) is 5.84 Å². The van der Waals surface area contributed by atoms with E-state index in [4.69, 9.17) is 0 Å². The third-order valence-electron chi connectivity index (χ3n) is 6.23. The van der Waals surface area contributed by atoms with Crippen LogP contribution in [0.4, 0.5) is 31.1 Å². The molecule has 0 radical (unpaired) electrons. The summed E-state index contributed by atoms with van der Waals surface area (Å²) in [4.78, 5) is 20.4. The highest BCUT2D eigenvalue weighted by atomic mass is 32.2. The molecule has 2 saturated heterocycles. The summed E-state index contributed by atoms with van der Waals surface area (Å²) in [6.45, 7) is 1.87. The number of benzene rings is 1. The number of amidine groups is 1. The second-order valence-electron chi connectivity index (χ2n) is 8.70. The maximum atomic E-state index is 13.4. The Morgan fingerprint density at radius 3 is 2.35 bits per heavy atom. The second-order valence-corrected chi connectivity index (χ2v) is 9.70. The molecule has 3 heterocycles. The van der Waals surface area contributed by atoms with Crippen LogP contribution in [0.25, 0.3) is 0 Å². The number of hydrogen-bond acceptors (Lipinski definition) is 5. The zero-order valence-corrected chi connectivity index (χ0v) is 18.8. The number of halogens is 6. The summed E-state index contributed by atoms with van der Waals surface area (Å²) in [7, 11) is 0. The maximum Gasteiger partial charge on any atom is 0.416 e. The van der Waals surface area contributed by atoms with E-state index in [0.717, 1.165) is 22.7 Å². The number of allylic oxidation sites excluding steroid dienone is 1. The summed E-state index contributed by atoms with van der Waals surface area (Å²) in [5.74, 6) is 0.658. The summed E-state index contributed by atoms with van der Waals surface area (Å²) in [6.07, 6.45) is -6.35. The molecule has 1 unspecified atom stereocenters. The fourth-order valence-corrected chi connectivity index (χ4v) is 5.31. The fourth-order valence-electron chi connectivity index (χ4n) is 4.46. The molecule has 3 aliphatic heterocycles. The predicted molar refractivity (Wildman–Crippen MR) is 115 cm³/mol. The van der Waals surface area contributed by atoms with E-state index in [9.17, 15) is 36.2 Å². The first-order valence-corrected chi connectivity index (χ1v) is 11.7. The first-order valence-electron chi connectivity index (χ1n) is 10.9. The van der Waals surface area contributed by atoms with E-state index < -0.39 is 29.6 Å². The molecule has 5 nitrogen and oxygen atoms in total. The Bertz CT molecular complexity index is 999. The molecule has 1 N–H and O–H groups in total. The molecule has 34 heavy (non-hydrogen) atoms. The quantitative estimate of drug-likeness (QED) is 0.574. The van der Waals surface area contributed by atoms with Gasteiger partial charge in [-0.15, -0.1) is 0 Å². The summed E-state index contributed by atoms with van der Waals surface area (Å²) >= 11 is 1.03. The molecule has 0 aromatic heterocycles. The molecule has 1 aromatic rings. The van der Waals surface area contributed by atoms with Gasteiger partial charge in [0, 0.05) is 19.6 Å². The molecule has 0 aliphatic carbocycles. The smallest absolute Gasteiger partial charge is 0.391 e. The molecule has 1 amide bonds. The van der Waals surface area contributed by atoms with Crippen molar-refractivity contribution in [3.8, 4) is 0 Å². The van der Waals surface area contributed by atoms with E-state index in [0.29, 0.717) is 57.3 Å². The van der Waals surface area contributed by atoms with Crippen LogP contribution in [0.3, 0.4) is 0 Å². The van der Waals surface area contributed by atoms with Gasteiger partial charge in [-0.05, 0) is 67.7 Å². The van der Waals surface area contributed by atoms with Crippen molar-refractivity contribution in [2.75, 3.05) is 26.2 Å². The normalized spacial score (nSPS) is 24.4. The van der Waals surface area contributed by atoms with Gasteiger partial charge in [-0.3, -0.25) is 9.69 Å². The molecule has 12 heteroatoms. The summed E-state index contributed by atoms with van der Waals surface area (Å²) in [5.41, 5.74) is -2.77. The van der Waals surface area contributed by atoms with Gasteiger partial charge < -0.3 is 10.0 Å². The minimum absolute atomic E-state index is 0.0945. The van der Waals surface area contributed by atoms with Crippen LogP contribution < -0.4 is 0 Å². The molecule has 1 atom stereocenters. The van der Waals surface area contributed by atoms with Crippen LogP contribution in [0, 0.1) is 5.92 Å². The van der Waals surface area contributed by atoms with Gasteiger partial charge in [0.2, 0.25) is 0 Å². The van der Waals surface area contributed by atoms with E-state index in [-0.39, 0.29) is 29.3 Å².